The van der Waals surface area contributed by atoms with Crippen LogP contribution in [0.5, 0.6) is 0 Å². The summed E-state index contributed by atoms with van der Waals surface area (Å²) in [5.74, 6) is -0.165. The standard InChI is InChI=1S/C25H28N2O4S/c1-4-27(24-11-7-9-20-8-5-6-10-23(20)24)25(28)21-12-14-22(15-13-21)32(29,30)26-16-18(2)31-19(3)17-26/h5-15,18-19H,4,16-17H2,1-3H3. The molecule has 0 N–H and O–H groups in total. The van der Waals surface area contributed by atoms with E-state index in [1.54, 1.807) is 17.0 Å². The van der Waals surface area contributed by atoms with Crippen LogP contribution in [0.15, 0.2) is 71.6 Å². The lowest BCUT2D eigenvalue weighted by atomic mass is 10.1. The number of amides is 1. The van der Waals surface area contributed by atoms with E-state index in [1.165, 1.54) is 16.4 Å². The van der Waals surface area contributed by atoms with E-state index in [1.807, 2.05) is 63.2 Å². The molecule has 0 aromatic heterocycles. The fourth-order valence-corrected chi connectivity index (χ4v) is 5.86. The maximum Gasteiger partial charge on any atom is 0.258 e. The van der Waals surface area contributed by atoms with Crippen LogP contribution >= 0.6 is 0 Å². The molecule has 6 nitrogen and oxygen atoms in total. The Morgan fingerprint density at radius 3 is 2.25 bits per heavy atom. The number of rotatable bonds is 5. The molecular formula is C25H28N2O4S. The molecule has 0 saturated carbocycles. The van der Waals surface area contributed by atoms with Gasteiger partial charge in [-0.15, -0.1) is 0 Å². The summed E-state index contributed by atoms with van der Waals surface area (Å²) >= 11 is 0. The van der Waals surface area contributed by atoms with Crippen LogP contribution in [0.2, 0.25) is 0 Å². The van der Waals surface area contributed by atoms with Crippen LogP contribution in [0.4, 0.5) is 5.69 Å². The number of sulfonamides is 1. The number of fused-ring (bicyclic) bond motifs is 1. The molecule has 0 bridgehead atoms. The maximum absolute atomic E-state index is 13.3. The Hall–Kier alpha value is -2.74. The predicted molar refractivity (Wildman–Crippen MR) is 127 cm³/mol. The maximum atomic E-state index is 13.3. The fraction of sp³-hybridized carbons (Fsp3) is 0.320. The molecule has 168 valence electrons. The zero-order valence-corrected chi connectivity index (χ0v) is 19.4. The van der Waals surface area contributed by atoms with E-state index < -0.39 is 10.0 Å². The van der Waals surface area contributed by atoms with E-state index in [-0.39, 0.29) is 23.0 Å². The molecule has 0 aliphatic carbocycles. The van der Waals surface area contributed by atoms with Crippen LogP contribution in [-0.2, 0) is 14.8 Å². The molecule has 1 aliphatic rings. The number of hydrogen-bond acceptors (Lipinski definition) is 4. The second kappa shape index (κ2) is 9.02. The lowest BCUT2D eigenvalue weighted by Crippen LogP contribution is -2.48. The summed E-state index contributed by atoms with van der Waals surface area (Å²) in [5.41, 5.74) is 1.28. The van der Waals surface area contributed by atoms with E-state index in [0.29, 0.717) is 25.2 Å². The monoisotopic (exact) mass is 452 g/mol. The second-order valence-electron chi connectivity index (χ2n) is 8.15. The van der Waals surface area contributed by atoms with Crippen molar-refractivity contribution in [2.75, 3.05) is 24.5 Å². The van der Waals surface area contributed by atoms with Crippen LogP contribution < -0.4 is 4.90 Å². The molecule has 0 spiro atoms. The number of carbonyl (C=O) groups is 1. The molecule has 4 rings (SSSR count). The Labute approximate surface area is 189 Å². The summed E-state index contributed by atoms with van der Waals surface area (Å²) in [6.07, 6.45) is -0.318. The molecule has 1 heterocycles. The van der Waals surface area contributed by atoms with Crippen molar-refractivity contribution in [2.24, 2.45) is 0 Å². The third-order valence-electron chi connectivity index (χ3n) is 5.74. The highest BCUT2D eigenvalue weighted by molar-refractivity contribution is 7.89. The molecule has 32 heavy (non-hydrogen) atoms. The lowest BCUT2D eigenvalue weighted by Gasteiger charge is -2.34. The third-order valence-corrected chi connectivity index (χ3v) is 7.59. The van der Waals surface area contributed by atoms with Crippen LogP contribution in [0.1, 0.15) is 31.1 Å². The first-order valence-electron chi connectivity index (χ1n) is 10.9. The van der Waals surface area contributed by atoms with Gasteiger partial charge in [-0.2, -0.15) is 4.31 Å². The summed E-state index contributed by atoms with van der Waals surface area (Å²) in [4.78, 5) is 15.2. The summed E-state index contributed by atoms with van der Waals surface area (Å²) in [5, 5.41) is 2.06. The first kappa shape index (κ1) is 22.5. The van der Waals surface area contributed by atoms with Gasteiger partial charge in [0.15, 0.2) is 0 Å². The topological polar surface area (TPSA) is 66.9 Å². The highest BCUT2D eigenvalue weighted by Gasteiger charge is 2.32. The number of carbonyl (C=O) groups excluding carboxylic acids is 1. The summed E-state index contributed by atoms with van der Waals surface area (Å²) < 4.78 is 33.3. The third kappa shape index (κ3) is 4.28. The van der Waals surface area contributed by atoms with Crippen LogP contribution in [0.25, 0.3) is 10.8 Å². The van der Waals surface area contributed by atoms with Gasteiger partial charge in [-0.3, -0.25) is 4.79 Å². The number of benzene rings is 3. The van der Waals surface area contributed by atoms with Crippen molar-refractivity contribution in [1.82, 2.24) is 4.31 Å². The van der Waals surface area contributed by atoms with Gasteiger partial charge in [-0.25, -0.2) is 8.42 Å². The first-order chi connectivity index (χ1) is 15.3. The van der Waals surface area contributed by atoms with Crippen molar-refractivity contribution in [2.45, 2.75) is 37.9 Å². The molecule has 1 aliphatic heterocycles. The zero-order valence-electron chi connectivity index (χ0n) is 18.6. The van der Waals surface area contributed by atoms with Gasteiger partial charge < -0.3 is 9.64 Å². The van der Waals surface area contributed by atoms with Gasteiger partial charge in [-0.1, -0.05) is 36.4 Å². The van der Waals surface area contributed by atoms with Crippen molar-refractivity contribution >= 4 is 32.4 Å². The van der Waals surface area contributed by atoms with Crippen LogP contribution in [-0.4, -0.2) is 50.5 Å². The predicted octanol–water partition coefficient (Wildman–Crippen LogP) is 4.30. The minimum atomic E-state index is -3.65. The largest absolute Gasteiger partial charge is 0.373 e. The van der Waals surface area contributed by atoms with Crippen molar-refractivity contribution in [3.8, 4) is 0 Å². The van der Waals surface area contributed by atoms with Gasteiger partial charge in [0, 0.05) is 30.6 Å². The molecule has 2 atom stereocenters. The molecule has 1 saturated heterocycles. The van der Waals surface area contributed by atoms with Gasteiger partial charge in [0.2, 0.25) is 10.0 Å². The van der Waals surface area contributed by atoms with E-state index in [2.05, 4.69) is 0 Å². The van der Waals surface area contributed by atoms with Crippen LogP contribution in [0, 0.1) is 0 Å². The quantitative estimate of drug-likeness (QED) is 0.579. The SMILES string of the molecule is CCN(C(=O)c1ccc(S(=O)(=O)N2CC(C)OC(C)C2)cc1)c1cccc2ccccc12. The van der Waals surface area contributed by atoms with E-state index in [0.717, 1.165) is 16.5 Å². The number of morpholine rings is 1. The molecule has 1 fully saturated rings. The number of hydrogen-bond donors (Lipinski definition) is 0. The first-order valence-corrected chi connectivity index (χ1v) is 12.3. The Morgan fingerprint density at radius 2 is 1.59 bits per heavy atom. The minimum absolute atomic E-state index is 0.159. The molecular weight excluding hydrogens is 424 g/mol. The van der Waals surface area contributed by atoms with Crippen molar-refractivity contribution < 1.29 is 17.9 Å². The van der Waals surface area contributed by atoms with E-state index in [4.69, 9.17) is 4.74 Å². The van der Waals surface area contributed by atoms with E-state index >= 15 is 0 Å². The molecule has 7 heteroatoms. The highest BCUT2D eigenvalue weighted by atomic mass is 32.2. The number of ether oxygens (including phenoxy) is 1. The molecule has 3 aromatic carbocycles. The van der Waals surface area contributed by atoms with Crippen LogP contribution in [0.3, 0.4) is 0 Å². The second-order valence-corrected chi connectivity index (χ2v) is 10.1. The number of anilines is 1. The summed E-state index contributed by atoms with van der Waals surface area (Å²) in [6, 6.07) is 20.1. The fourth-order valence-electron chi connectivity index (χ4n) is 4.27. The van der Waals surface area contributed by atoms with Gasteiger partial charge in [-0.05, 0) is 56.5 Å². The molecule has 2 unspecified atom stereocenters. The van der Waals surface area contributed by atoms with Gasteiger partial charge in [0.1, 0.15) is 0 Å². The normalized spacial score (nSPS) is 19.7. The Morgan fingerprint density at radius 1 is 0.969 bits per heavy atom. The smallest absolute Gasteiger partial charge is 0.258 e. The van der Waals surface area contributed by atoms with Crippen molar-refractivity contribution in [1.29, 1.82) is 0 Å². The summed E-state index contributed by atoms with van der Waals surface area (Å²) in [6.45, 7) is 6.80. The van der Waals surface area contributed by atoms with Gasteiger partial charge in [0.25, 0.3) is 5.91 Å². The Bertz CT molecular complexity index is 1210. The zero-order chi connectivity index (χ0) is 22.9. The van der Waals surface area contributed by atoms with Crippen molar-refractivity contribution in [3.63, 3.8) is 0 Å². The number of nitrogens with zero attached hydrogens (tertiary/aromatic N) is 2. The Kier molecular flexibility index (Phi) is 6.33. The molecule has 3 aromatic rings. The van der Waals surface area contributed by atoms with E-state index in [9.17, 15) is 13.2 Å². The summed E-state index contributed by atoms with van der Waals surface area (Å²) in [7, 11) is -3.65. The van der Waals surface area contributed by atoms with Gasteiger partial charge >= 0.3 is 0 Å². The minimum Gasteiger partial charge on any atom is -0.373 e. The highest BCUT2D eigenvalue weighted by Crippen LogP contribution is 2.28. The average molecular weight is 453 g/mol. The average Bonchev–Trinajstić information content (AvgIpc) is 2.79. The van der Waals surface area contributed by atoms with Crippen molar-refractivity contribution in [3.05, 3.63) is 72.3 Å². The lowest BCUT2D eigenvalue weighted by molar-refractivity contribution is -0.0440. The Balaban J connectivity index is 1.61. The molecule has 0 radical (unpaired) electrons. The molecule has 1 amide bonds. The van der Waals surface area contributed by atoms with Gasteiger partial charge in [0.05, 0.1) is 22.8 Å².